The summed E-state index contributed by atoms with van der Waals surface area (Å²) in [6.07, 6.45) is 0. The van der Waals surface area contributed by atoms with Crippen molar-refractivity contribution in [3.63, 3.8) is 0 Å². The maximum atomic E-state index is 13.4. The second-order valence-electron chi connectivity index (χ2n) is 8.04. The van der Waals surface area contributed by atoms with E-state index >= 15 is 0 Å². The maximum Gasteiger partial charge on any atom is 0.309 e. The third kappa shape index (κ3) is 5.87. The van der Waals surface area contributed by atoms with Gasteiger partial charge in [0.25, 0.3) is 0 Å². The molecule has 6 nitrogen and oxygen atoms in total. The molecule has 2 aromatic rings. The van der Waals surface area contributed by atoms with Crippen LogP contribution >= 0.6 is 0 Å². The summed E-state index contributed by atoms with van der Waals surface area (Å²) in [6, 6.07) is 15.6. The van der Waals surface area contributed by atoms with E-state index in [2.05, 4.69) is 17.7 Å². The van der Waals surface area contributed by atoms with Crippen LogP contribution in [0.25, 0.3) is 0 Å². The van der Waals surface area contributed by atoms with Gasteiger partial charge in [0.15, 0.2) is 0 Å². The highest BCUT2D eigenvalue weighted by Crippen LogP contribution is 2.12. The van der Waals surface area contributed by atoms with Gasteiger partial charge in [-0.25, -0.2) is 4.39 Å². The Morgan fingerprint density at radius 3 is 2.20 bits per heavy atom. The molecular weight excluding hydrogens is 383 g/mol. The summed E-state index contributed by atoms with van der Waals surface area (Å²) < 4.78 is 13.4. The van der Waals surface area contributed by atoms with E-state index in [4.69, 9.17) is 0 Å². The summed E-state index contributed by atoms with van der Waals surface area (Å²) in [5.74, 6) is -1.58. The second kappa shape index (κ2) is 10.3. The fraction of sp³-hybridized carbons (Fsp3) is 0.391. The van der Waals surface area contributed by atoms with Crippen LogP contribution in [0.1, 0.15) is 30.1 Å². The van der Waals surface area contributed by atoms with Gasteiger partial charge in [0.1, 0.15) is 38.0 Å². The molecule has 1 heterocycles. The van der Waals surface area contributed by atoms with Gasteiger partial charge in [-0.2, -0.15) is 0 Å². The fourth-order valence-electron chi connectivity index (χ4n) is 3.90. The molecule has 7 heteroatoms. The molecule has 1 aliphatic rings. The number of benzene rings is 2. The molecule has 1 fully saturated rings. The van der Waals surface area contributed by atoms with Crippen LogP contribution < -0.4 is 20.4 Å². The molecule has 0 radical (unpaired) electrons. The van der Waals surface area contributed by atoms with Crippen LogP contribution in [-0.2, 0) is 9.59 Å². The first-order chi connectivity index (χ1) is 14.4. The standard InChI is InChI=1S/C23H29FN4O2/c1-17(18-6-4-3-5-7-18)26-23(30)22(29)25-16-21(19-8-10-20(24)11-9-19)28-14-12-27(2)13-15-28/h3-11,17,21H,12-16H2,1-2H3,(H,25,29)(H,26,30)/p+2/t17-,21-/m0/s1. The molecule has 1 saturated heterocycles. The van der Waals surface area contributed by atoms with Gasteiger partial charge in [-0.15, -0.1) is 0 Å². The van der Waals surface area contributed by atoms with Crippen LogP contribution in [0.3, 0.4) is 0 Å². The lowest BCUT2D eigenvalue weighted by molar-refractivity contribution is -1.02. The molecule has 160 valence electrons. The van der Waals surface area contributed by atoms with Crippen molar-refractivity contribution in [2.75, 3.05) is 39.8 Å². The fourth-order valence-corrected chi connectivity index (χ4v) is 3.90. The first-order valence-electron chi connectivity index (χ1n) is 10.5. The second-order valence-corrected chi connectivity index (χ2v) is 8.04. The van der Waals surface area contributed by atoms with E-state index < -0.39 is 11.8 Å². The number of piperazine rings is 1. The molecule has 0 bridgehead atoms. The van der Waals surface area contributed by atoms with Crippen molar-refractivity contribution in [3.05, 3.63) is 71.5 Å². The monoisotopic (exact) mass is 414 g/mol. The lowest BCUT2D eigenvalue weighted by Gasteiger charge is -2.33. The van der Waals surface area contributed by atoms with Gasteiger partial charge in [-0.05, 0) is 24.6 Å². The summed E-state index contributed by atoms with van der Waals surface area (Å²) in [4.78, 5) is 27.6. The summed E-state index contributed by atoms with van der Waals surface area (Å²) >= 11 is 0. The van der Waals surface area contributed by atoms with E-state index in [9.17, 15) is 14.0 Å². The van der Waals surface area contributed by atoms with Gasteiger partial charge in [-0.3, -0.25) is 9.59 Å². The summed E-state index contributed by atoms with van der Waals surface area (Å²) in [6.45, 7) is 6.17. The van der Waals surface area contributed by atoms with Gasteiger partial charge >= 0.3 is 11.8 Å². The number of carbonyl (C=O) groups is 2. The Morgan fingerprint density at radius 2 is 1.57 bits per heavy atom. The van der Waals surface area contributed by atoms with Gasteiger partial charge < -0.3 is 20.4 Å². The van der Waals surface area contributed by atoms with Gasteiger partial charge in [0.05, 0.1) is 19.6 Å². The van der Waals surface area contributed by atoms with E-state index in [1.807, 2.05) is 37.3 Å². The first-order valence-corrected chi connectivity index (χ1v) is 10.5. The number of amides is 2. The third-order valence-corrected chi connectivity index (χ3v) is 5.83. The highest BCUT2D eigenvalue weighted by atomic mass is 19.1. The summed E-state index contributed by atoms with van der Waals surface area (Å²) in [7, 11) is 2.17. The van der Waals surface area contributed by atoms with E-state index in [-0.39, 0.29) is 17.9 Å². The Morgan fingerprint density at radius 1 is 0.933 bits per heavy atom. The van der Waals surface area contributed by atoms with E-state index in [1.54, 1.807) is 12.1 Å². The van der Waals surface area contributed by atoms with Crippen molar-refractivity contribution in [2.45, 2.75) is 19.0 Å². The quantitative estimate of drug-likeness (QED) is 0.471. The largest absolute Gasteiger partial charge is 0.341 e. The molecule has 0 aromatic heterocycles. The molecule has 2 aromatic carbocycles. The zero-order valence-electron chi connectivity index (χ0n) is 17.6. The minimum atomic E-state index is -0.651. The Labute approximate surface area is 177 Å². The number of halogens is 1. The van der Waals surface area contributed by atoms with E-state index in [0.29, 0.717) is 6.54 Å². The first kappa shape index (κ1) is 21.9. The van der Waals surface area contributed by atoms with Gasteiger partial charge in [0, 0.05) is 5.56 Å². The van der Waals surface area contributed by atoms with Crippen molar-refractivity contribution >= 4 is 11.8 Å². The van der Waals surface area contributed by atoms with Crippen molar-refractivity contribution in [1.82, 2.24) is 10.6 Å². The Kier molecular flexibility index (Phi) is 7.54. The molecule has 1 aliphatic heterocycles. The number of rotatable bonds is 6. The average Bonchev–Trinajstić information content (AvgIpc) is 2.76. The van der Waals surface area contributed by atoms with Gasteiger partial charge in [0.2, 0.25) is 0 Å². The van der Waals surface area contributed by atoms with Crippen LogP contribution in [0, 0.1) is 5.82 Å². The molecule has 2 atom stereocenters. The molecule has 2 amide bonds. The van der Waals surface area contributed by atoms with Crippen molar-refractivity contribution in [3.8, 4) is 0 Å². The minimum Gasteiger partial charge on any atom is -0.341 e. The highest BCUT2D eigenvalue weighted by Gasteiger charge is 2.30. The number of likely N-dealkylation sites (N-methyl/N-ethyl adjacent to an activating group) is 1. The van der Waals surface area contributed by atoms with Crippen LogP contribution in [0.15, 0.2) is 54.6 Å². The number of hydrogen-bond acceptors (Lipinski definition) is 2. The number of nitrogens with one attached hydrogen (secondary N) is 4. The molecule has 30 heavy (non-hydrogen) atoms. The topological polar surface area (TPSA) is 67.1 Å². The van der Waals surface area contributed by atoms with Crippen molar-refractivity contribution in [1.29, 1.82) is 0 Å². The van der Waals surface area contributed by atoms with Crippen molar-refractivity contribution in [2.24, 2.45) is 0 Å². The molecular formula is C23H31FN4O2+2. The molecule has 0 saturated carbocycles. The van der Waals surface area contributed by atoms with Gasteiger partial charge in [-0.1, -0.05) is 42.5 Å². The molecule has 0 unspecified atom stereocenters. The predicted octanol–water partition coefficient (Wildman–Crippen LogP) is -0.726. The molecule has 4 N–H and O–H groups in total. The highest BCUT2D eigenvalue weighted by molar-refractivity contribution is 6.35. The number of quaternary nitrogens is 2. The van der Waals surface area contributed by atoms with Crippen LogP contribution in [0.5, 0.6) is 0 Å². The normalized spacial score (nSPS) is 20.8. The molecule has 0 spiro atoms. The van der Waals surface area contributed by atoms with Crippen LogP contribution in [0.2, 0.25) is 0 Å². The number of hydrogen-bond donors (Lipinski definition) is 4. The average molecular weight is 415 g/mol. The SMILES string of the molecule is C[C@H](NC(=O)C(=O)NC[C@@H](c1ccc(F)cc1)[NH+]1CC[NH+](C)CC1)c1ccccc1. The smallest absolute Gasteiger partial charge is 0.309 e. The lowest BCUT2D eigenvalue weighted by atomic mass is 10.0. The minimum absolute atomic E-state index is 0.0259. The third-order valence-electron chi connectivity index (χ3n) is 5.83. The predicted molar refractivity (Wildman–Crippen MR) is 112 cm³/mol. The zero-order chi connectivity index (χ0) is 21.5. The van der Waals surface area contributed by atoms with E-state index in [1.165, 1.54) is 21.9 Å². The van der Waals surface area contributed by atoms with Crippen LogP contribution in [0.4, 0.5) is 4.39 Å². The van der Waals surface area contributed by atoms with Crippen molar-refractivity contribution < 1.29 is 23.8 Å². The molecule has 3 rings (SSSR count). The summed E-state index contributed by atoms with van der Waals surface area (Å²) in [5.41, 5.74) is 1.90. The van der Waals surface area contributed by atoms with E-state index in [0.717, 1.165) is 37.3 Å². The number of carbonyl (C=O) groups excluding carboxylic acids is 2. The molecule has 0 aliphatic carbocycles. The lowest BCUT2D eigenvalue weighted by Crippen LogP contribution is -3.27. The maximum absolute atomic E-state index is 13.4. The Balaban J connectivity index is 1.62. The Bertz CT molecular complexity index is 836. The Hall–Kier alpha value is -2.77. The summed E-state index contributed by atoms with van der Waals surface area (Å²) in [5, 5.41) is 5.53. The zero-order valence-corrected chi connectivity index (χ0v) is 17.6. The van der Waals surface area contributed by atoms with Crippen LogP contribution in [-0.4, -0.2) is 51.6 Å².